The van der Waals surface area contributed by atoms with Crippen LogP contribution in [0.3, 0.4) is 0 Å². The summed E-state index contributed by atoms with van der Waals surface area (Å²) in [6.45, 7) is 7.89. The van der Waals surface area contributed by atoms with Gasteiger partial charge in [-0.3, -0.25) is 4.79 Å². The summed E-state index contributed by atoms with van der Waals surface area (Å²) in [5.74, 6) is 0.119. The van der Waals surface area contributed by atoms with E-state index >= 15 is 0 Å². The van der Waals surface area contributed by atoms with Crippen molar-refractivity contribution in [3.8, 4) is 0 Å². The SMILES string of the molecule is CC(=O)c1ccc(C/C(C)=C/C=C(C)C)cc1. The maximum absolute atomic E-state index is 11.1. The van der Waals surface area contributed by atoms with E-state index in [0.717, 1.165) is 12.0 Å². The lowest BCUT2D eigenvalue weighted by atomic mass is 10.0. The maximum Gasteiger partial charge on any atom is 0.159 e. The molecule has 0 aliphatic heterocycles. The Morgan fingerprint density at radius 3 is 2.06 bits per heavy atom. The molecule has 1 heteroatoms. The van der Waals surface area contributed by atoms with Crippen LogP contribution < -0.4 is 0 Å². The topological polar surface area (TPSA) is 17.1 Å². The quantitative estimate of drug-likeness (QED) is 0.553. The molecule has 0 N–H and O–H groups in total. The van der Waals surface area contributed by atoms with Crippen LogP contribution in [0.15, 0.2) is 47.6 Å². The Balaban J connectivity index is 2.73. The minimum Gasteiger partial charge on any atom is -0.295 e. The van der Waals surface area contributed by atoms with Gasteiger partial charge in [0.25, 0.3) is 0 Å². The molecule has 1 aromatic rings. The smallest absolute Gasteiger partial charge is 0.159 e. The average molecular weight is 228 g/mol. The van der Waals surface area contributed by atoms with E-state index in [0.29, 0.717) is 0 Å². The van der Waals surface area contributed by atoms with Gasteiger partial charge in [-0.05, 0) is 39.7 Å². The van der Waals surface area contributed by atoms with E-state index in [-0.39, 0.29) is 5.78 Å². The normalized spacial score (nSPS) is 11.2. The molecular weight excluding hydrogens is 208 g/mol. The zero-order valence-corrected chi connectivity index (χ0v) is 11.1. The number of carbonyl (C=O) groups is 1. The number of rotatable bonds is 4. The van der Waals surface area contributed by atoms with Crippen LogP contribution in [0.4, 0.5) is 0 Å². The van der Waals surface area contributed by atoms with Crippen molar-refractivity contribution in [2.45, 2.75) is 34.1 Å². The first-order valence-electron chi connectivity index (χ1n) is 5.89. The third-order valence-electron chi connectivity index (χ3n) is 2.54. The molecule has 0 amide bonds. The molecule has 1 nitrogen and oxygen atoms in total. The third kappa shape index (κ3) is 4.81. The molecule has 90 valence electrons. The van der Waals surface area contributed by atoms with E-state index in [1.54, 1.807) is 6.92 Å². The van der Waals surface area contributed by atoms with Crippen LogP contribution in [0.5, 0.6) is 0 Å². The van der Waals surface area contributed by atoms with Crippen molar-refractivity contribution in [2.75, 3.05) is 0 Å². The lowest BCUT2D eigenvalue weighted by Crippen LogP contribution is -1.93. The number of benzene rings is 1. The number of allylic oxidation sites excluding steroid dienone is 4. The molecule has 0 aliphatic rings. The Bertz CT molecular complexity index is 443. The second kappa shape index (κ2) is 6.19. The molecule has 0 aliphatic carbocycles. The summed E-state index contributed by atoms with van der Waals surface area (Å²) in [4.78, 5) is 11.1. The first-order valence-corrected chi connectivity index (χ1v) is 5.89. The lowest BCUT2D eigenvalue weighted by Gasteiger charge is -2.02. The highest BCUT2D eigenvalue weighted by Crippen LogP contribution is 2.10. The van der Waals surface area contributed by atoms with Gasteiger partial charge in [0, 0.05) is 5.56 Å². The highest BCUT2D eigenvalue weighted by atomic mass is 16.1. The molecule has 0 unspecified atom stereocenters. The van der Waals surface area contributed by atoms with Gasteiger partial charge in [0.15, 0.2) is 5.78 Å². The number of hydrogen-bond donors (Lipinski definition) is 0. The molecule has 0 atom stereocenters. The monoisotopic (exact) mass is 228 g/mol. The molecule has 0 heterocycles. The van der Waals surface area contributed by atoms with Crippen molar-refractivity contribution in [1.82, 2.24) is 0 Å². The predicted octanol–water partition coefficient (Wildman–Crippen LogP) is 4.34. The van der Waals surface area contributed by atoms with Gasteiger partial charge in [0.1, 0.15) is 0 Å². The van der Waals surface area contributed by atoms with Crippen molar-refractivity contribution < 1.29 is 4.79 Å². The van der Waals surface area contributed by atoms with Gasteiger partial charge in [-0.25, -0.2) is 0 Å². The van der Waals surface area contributed by atoms with Gasteiger partial charge in [-0.2, -0.15) is 0 Å². The second-order valence-corrected chi connectivity index (χ2v) is 4.69. The first-order chi connectivity index (χ1) is 7.99. The molecule has 0 radical (unpaired) electrons. The third-order valence-corrected chi connectivity index (χ3v) is 2.54. The minimum atomic E-state index is 0.119. The number of ketones is 1. The predicted molar refractivity (Wildman–Crippen MR) is 73.3 cm³/mol. The molecule has 0 fully saturated rings. The average Bonchev–Trinajstić information content (AvgIpc) is 2.27. The van der Waals surface area contributed by atoms with Gasteiger partial charge < -0.3 is 0 Å². The maximum atomic E-state index is 11.1. The summed E-state index contributed by atoms with van der Waals surface area (Å²) in [5, 5.41) is 0. The van der Waals surface area contributed by atoms with Crippen LogP contribution in [0.25, 0.3) is 0 Å². The van der Waals surface area contributed by atoms with E-state index in [9.17, 15) is 4.79 Å². The van der Waals surface area contributed by atoms with Crippen molar-refractivity contribution >= 4 is 5.78 Å². The van der Waals surface area contributed by atoms with Crippen LogP contribution in [-0.2, 0) is 6.42 Å². The van der Waals surface area contributed by atoms with Crippen molar-refractivity contribution in [1.29, 1.82) is 0 Å². The fourth-order valence-electron chi connectivity index (χ4n) is 1.55. The van der Waals surface area contributed by atoms with E-state index in [1.165, 1.54) is 16.7 Å². The Morgan fingerprint density at radius 1 is 1.00 bits per heavy atom. The molecule has 0 spiro atoms. The summed E-state index contributed by atoms with van der Waals surface area (Å²) in [7, 11) is 0. The van der Waals surface area contributed by atoms with Crippen molar-refractivity contribution in [3.63, 3.8) is 0 Å². The first kappa shape index (κ1) is 13.4. The van der Waals surface area contributed by atoms with E-state index in [1.807, 2.05) is 24.3 Å². The fourth-order valence-corrected chi connectivity index (χ4v) is 1.55. The zero-order chi connectivity index (χ0) is 12.8. The highest BCUT2D eigenvalue weighted by molar-refractivity contribution is 5.94. The Labute approximate surface area is 104 Å². The molecule has 0 aromatic heterocycles. The van der Waals surface area contributed by atoms with Gasteiger partial charge in [-0.1, -0.05) is 47.6 Å². The molecular formula is C16H20O. The summed E-state index contributed by atoms with van der Waals surface area (Å²) in [6.07, 6.45) is 5.20. The molecule has 1 aromatic carbocycles. The fraction of sp³-hybridized carbons (Fsp3) is 0.312. The minimum absolute atomic E-state index is 0.119. The van der Waals surface area contributed by atoms with E-state index in [2.05, 4.69) is 32.9 Å². The van der Waals surface area contributed by atoms with Crippen molar-refractivity contribution in [3.05, 3.63) is 58.7 Å². The van der Waals surface area contributed by atoms with Crippen molar-refractivity contribution in [2.24, 2.45) is 0 Å². The standard InChI is InChI=1S/C16H20O/c1-12(2)5-6-13(3)11-15-7-9-16(10-8-15)14(4)17/h5-10H,11H2,1-4H3/b13-6+. The number of Topliss-reactive ketones (excluding diaryl/α,β-unsaturated/α-hetero) is 1. The molecule has 0 saturated carbocycles. The summed E-state index contributed by atoms with van der Waals surface area (Å²) in [6, 6.07) is 7.84. The Hall–Kier alpha value is -1.63. The summed E-state index contributed by atoms with van der Waals surface area (Å²) >= 11 is 0. The Morgan fingerprint density at radius 2 is 1.59 bits per heavy atom. The van der Waals surface area contributed by atoms with Crippen LogP contribution in [-0.4, -0.2) is 5.78 Å². The van der Waals surface area contributed by atoms with Crippen LogP contribution in [0.2, 0.25) is 0 Å². The van der Waals surface area contributed by atoms with Crippen LogP contribution >= 0.6 is 0 Å². The highest BCUT2D eigenvalue weighted by Gasteiger charge is 1.99. The van der Waals surface area contributed by atoms with Gasteiger partial charge in [-0.15, -0.1) is 0 Å². The molecule has 17 heavy (non-hydrogen) atoms. The summed E-state index contributed by atoms with van der Waals surface area (Å²) in [5.41, 5.74) is 4.64. The van der Waals surface area contributed by atoms with Gasteiger partial charge in [0.05, 0.1) is 0 Å². The van der Waals surface area contributed by atoms with E-state index < -0.39 is 0 Å². The van der Waals surface area contributed by atoms with Crippen LogP contribution in [0.1, 0.15) is 43.6 Å². The van der Waals surface area contributed by atoms with Gasteiger partial charge in [0.2, 0.25) is 0 Å². The second-order valence-electron chi connectivity index (χ2n) is 4.69. The largest absolute Gasteiger partial charge is 0.295 e. The van der Waals surface area contributed by atoms with Gasteiger partial charge >= 0.3 is 0 Å². The number of hydrogen-bond acceptors (Lipinski definition) is 1. The Kier molecular flexibility index (Phi) is 4.89. The number of carbonyl (C=O) groups excluding carboxylic acids is 1. The van der Waals surface area contributed by atoms with E-state index in [4.69, 9.17) is 0 Å². The van der Waals surface area contributed by atoms with Crippen LogP contribution in [0, 0.1) is 0 Å². The molecule has 0 saturated heterocycles. The lowest BCUT2D eigenvalue weighted by molar-refractivity contribution is 0.101. The zero-order valence-electron chi connectivity index (χ0n) is 11.1. The molecule has 1 rings (SSSR count). The molecule has 0 bridgehead atoms. The summed E-state index contributed by atoms with van der Waals surface area (Å²) < 4.78 is 0.